The first-order valence-electron chi connectivity index (χ1n) is 5.00. The van der Waals surface area contributed by atoms with Gasteiger partial charge in [-0.15, -0.1) is 0 Å². The van der Waals surface area contributed by atoms with Crippen molar-refractivity contribution in [2.75, 3.05) is 7.11 Å². The van der Waals surface area contributed by atoms with Crippen LogP contribution in [0.3, 0.4) is 0 Å². The molecule has 1 aromatic carbocycles. The lowest BCUT2D eigenvalue weighted by Crippen LogP contribution is -2.02. The van der Waals surface area contributed by atoms with Gasteiger partial charge in [-0.1, -0.05) is 6.92 Å². The molecule has 3 heteroatoms. The first-order chi connectivity index (χ1) is 7.22. The highest BCUT2D eigenvalue weighted by Gasteiger charge is 2.14. The molecule has 0 spiro atoms. The van der Waals surface area contributed by atoms with Crippen molar-refractivity contribution in [2.45, 2.75) is 25.7 Å². The maximum atomic E-state index is 13.1. The van der Waals surface area contributed by atoms with E-state index in [2.05, 4.69) is 0 Å². The summed E-state index contributed by atoms with van der Waals surface area (Å²) in [7, 11) is 1.55. The molecule has 0 saturated heterocycles. The van der Waals surface area contributed by atoms with Crippen LogP contribution in [0.5, 0.6) is 5.75 Å². The summed E-state index contributed by atoms with van der Waals surface area (Å²) in [6.07, 6.45) is 2.05. The summed E-state index contributed by atoms with van der Waals surface area (Å²) in [5.74, 6) is 0.383. The molecule has 0 radical (unpaired) electrons. The zero-order chi connectivity index (χ0) is 11.3. The summed E-state index contributed by atoms with van der Waals surface area (Å²) in [5.41, 5.74) is 0.770. The van der Waals surface area contributed by atoms with Crippen LogP contribution in [0.15, 0.2) is 18.2 Å². The van der Waals surface area contributed by atoms with Crippen molar-refractivity contribution in [1.29, 1.82) is 0 Å². The average Bonchev–Trinajstić information content (AvgIpc) is 2.26. The van der Waals surface area contributed by atoms with Gasteiger partial charge in [0.1, 0.15) is 17.9 Å². The van der Waals surface area contributed by atoms with E-state index in [9.17, 15) is 9.18 Å². The van der Waals surface area contributed by atoms with Gasteiger partial charge in [-0.2, -0.15) is 0 Å². The van der Waals surface area contributed by atoms with Crippen molar-refractivity contribution >= 4 is 6.29 Å². The van der Waals surface area contributed by atoms with Gasteiger partial charge in [-0.05, 0) is 30.5 Å². The quantitative estimate of drug-likeness (QED) is 0.698. The molecule has 1 atom stereocenters. The number of ether oxygens (including phenoxy) is 1. The fourth-order valence-corrected chi connectivity index (χ4v) is 1.65. The summed E-state index contributed by atoms with van der Waals surface area (Å²) in [6.45, 7) is 1.97. The largest absolute Gasteiger partial charge is 0.496 e. The third-order valence-corrected chi connectivity index (χ3v) is 2.51. The zero-order valence-electron chi connectivity index (χ0n) is 9.00. The van der Waals surface area contributed by atoms with Crippen molar-refractivity contribution in [2.24, 2.45) is 0 Å². The Morgan fingerprint density at radius 1 is 1.53 bits per heavy atom. The summed E-state index contributed by atoms with van der Waals surface area (Å²) >= 11 is 0. The van der Waals surface area contributed by atoms with Crippen LogP contribution in [0.1, 0.15) is 31.2 Å². The normalized spacial score (nSPS) is 12.2. The van der Waals surface area contributed by atoms with E-state index in [0.717, 1.165) is 18.3 Å². The van der Waals surface area contributed by atoms with Crippen LogP contribution < -0.4 is 4.74 Å². The summed E-state index contributed by atoms with van der Waals surface area (Å²) < 4.78 is 18.2. The lowest BCUT2D eigenvalue weighted by molar-refractivity contribution is -0.108. The number of aldehydes is 1. The second-order valence-corrected chi connectivity index (χ2v) is 3.39. The van der Waals surface area contributed by atoms with Gasteiger partial charge in [-0.3, -0.25) is 0 Å². The minimum absolute atomic E-state index is 0.0353. The first kappa shape index (κ1) is 11.7. The lowest BCUT2D eigenvalue weighted by atomic mass is 9.93. The predicted molar refractivity (Wildman–Crippen MR) is 56.7 cm³/mol. The second kappa shape index (κ2) is 5.49. The monoisotopic (exact) mass is 210 g/mol. The number of carbonyl (C=O) groups is 1. The van der Waals surface area contributed by atoms with Gasteiger partial charge in [0.25, 0.3) is 0 Å². The van der Waals surface area contributed by atoms with Gasteiger partial charge in [0.15, 0.2) is 0 Å². The van der Waals surface area contributed by atoms with E-state index in [4.69, 9.17) is 4.74 Å². The molecule has 0 heterocycles. The van der Waals surface area contributed by atoms with Crippen molar-refractivity contribution in [3.05, 3.63) is 29.6 Å². The smallest absolute Gasteiger partial charge is 0.123 e. The van der Waals surface area contributed by atoms with Crippen LogP contribution in [0.2, 0.25) is 0 Å². The maximum Gasteiger partial charge on any atom is 0.123 e. The Balaban J connectivity index is 3.07. The van der Waals surface area contributed by atoms with E-state index in [1.54, 1.807) is 13.2 Å². The van der Waals surface area contributed by atoms with E-state index in [1.807, 2.05) is 6.92 Å². The van der Waals surface area contributed by atoms with Crippen molar-refractivity contribution in [3.8, 4) is 5.75 Å². The summed E-state index contributed by atoms with van der Waals surface area (Å²) in [6, 6.07) is 4.39. The molecule has 0 amide bonds. The van der Waals surface area contributed by atoms with Crippen LogP contribution >= 0.6 is 0 Å². The molecule has 0 fully saturated rings. The molecule has 0 aliphatic carbocycles. The van der Waals surface area contributed by atoms with Crippen LogP contribution in [-0.2, 0) is 4.79 Å². The van der Waals surface area contributed by atoms with E-state index in [1.165, 1.54) is 12.1 Å². The van der Waals surface area contributed by atoms with Crippen LogP contribution in [0.25, 0.3) is 0 Å². The number of carbonyl (C=O) groups excluding carboxylic acids is 1. The molecule has 1 rings (SSSR count). The van der Waals surface area contributed by atoms with Gasteiger partial charge in [-0.25, -0.2) is 4.39 Å². The van der Waals surface area contributed by atoms with Crippen LogP contribution in [0.4, 0.5) is 4.39 Å². The predicted octanol–water partition coefficient (Wildman–Crippen LogP) is 2.92. The van der Waals surface area contributed by atoms with E-state index in [0.29, 0.717) is 12.2 Å². The Bertz CT molecular complexity index is 336. The number of methoxy groups -OCH3 is 1. The summed E-state index contributed by atoms with van der Waals surface area (Å²) in [5, 5.41) is 0. The molecule has 0 aliphatic heterocycles. The molecule has 82 valence electrons. The molecule has 15 heavy (non-hydrogen) atoms. The average molecular weight is 210 g/mol. The number of benzene rings is 1. The molecule has 0 bridgehead atoms. The molecule has 0 aliphatic rings. The molecule has 0 aromatic heterocycles. The lowest BCUT2D eigenvalue weighted by Gasteiger charge is -2.15. The summed E-state index contributed by atoms with van der Waals surface area (Å²) in [4.78, 5) is 10.5. The standard InChI is InChI=1S/C12H15FO2/c1-3-9(6-7-14)11-8-10(13)4-5-12(11)15-2/h4-5,7-9H,3,6H2,1-2H3. The molecule has 0 N–H and O–H groups in total. The molecule has 2 nitrogen and oxygen atoms in total. The Morgan fingerprint density at radius 2 is 2.27 bits per heavy atom. The molecule has 1 unspecified atom stereocenters. The van der Waals surface area contributed by atoms with Gasteiger partial charge >= 0.3 is 0 Å². The number of hydrogen-bond donors (Lipinski definition) is 0. The van der Waals surface area contributed by atoms with E-state index < -0.39 is 0 Å². The number of hydrogen-bond acceptors (Lipinski definition) is 2. The molecular formula is C12H15FO2. The molecule has 0 saturated carbocycles. The highest BCUT2D eigenvalue weighted by Crippen LogP contribution is 2.31. The molecular weight excluding hydrogens is 195 g/mol. The zero-order valence-corrected chi connectivity index (χ0v) is 9.00. The van der Waals surface area contributed by atoms with E-state index in [-0.39, 0.29) is 11.7 Å². The fourth-order valence-electron chi connectivity index (χ4n) is 1.65. The minimum atomic E-state index is -0.296. The van der Waals surface area contributed by atoms with Gasteiger partial charge < -0.3 is 9.53 Å². The fraction of sp³-hybridized carbons (Fsp3) is 0.417. The van der Waals surface area contributed by atoms with Crippen molar-refractivity contribution in [3.63, 3.8) is 0 Å². The Kier molecular flexibility index (Phi) is 4.28. The number of halogens is 1. The third kappa shape index (κ3) is 2.78. The Labute approximate surface area is 89.1 Å². The third-order valence-electron chi connectivity index (χ3n) is 2.51. The minimum Gasteiger partial charge on any atom is -0.496 e. The highest BCUT2D eigenvalue weighted by atomic mass is 19.1. The SMILES string of the molecule is CCC(CC=O)c1cc(F)ccc1OC. The maximum absolute atomic E-state index is 13.1. The van der Waals surface area contributed by atoms with Crippen molar-refractivity contribution in [1.82, 2.24) is 0 Å². The highest BCUT2D eigenvalue weighted by molar-refractivity contribution is 5.53. The Hall–Kier alpha value is -1.38. The van der Waals surface area contributed by atoms with Gasteiger partial charge in [0, 0.05) is 12.0 Å². The van der Waals surface area contributed by atoms with Crippen LogP contribution in [-0.4, -0.2) is 13.4 Å². The van der Waals surface area contributed by atoms with Crippen molar-refractivity contribution < 1.29 is 13.9 Å². The van der Waals surface area contributed by atoms with Gasteiger partial charge in [0.2, 0.25) is 0 Å². The van der Waals surface area contributed by atoms with E-state index >= 15 is 0 Å². The molecule has 1 aromatic rings. The Morgan fingerprint density at radius 3 is 2.80 bits per heavy atom. The second-order valence-electron chi connectivity index (χ2n) is 3.39. The number of rotatable bonds is 5. The van der Waals surface area contributed by atoms with Crippen LogP contribution in [0, 0.1) is 5.82 Å². The first-order valence-corrected chi connectivity index (χ1v) is 5.00. The van der Waals surface area contributed by atoms with Gasteiger partial charge in [0.05, 0.1) is 7.11 Å². The topological polar surface area (TPSA) is 26.3 Å².